The lowest BCUT2D eigenvalue weighted by Crippen LogP contribution is -2.73. The largest absolute Gasteiger partial charge is 0.508 e. The predicted octanol–water partition coefficient (Wildman–Crippen LogP) is 12.1. The Hall–Kier alpha value is -3.16. The molecular weight excluding hydrogens is 1030 g/mol. The fourth-order valence-electron chi connectivity index (χ4n) is 22.3. The molecule has 20 atom stereocenters. The summed E-state index contributed by atoms with van der Waals surface area (Å²) >= 11 is 0. The van der Waals surface area contributed by atoms with E-state index in [1.165, 1.54) is 16.7 Å². The van der Waals surface area contributed by atoms with Crippen molar-refractivity contribution in [3.63, 3.8) is 0 Å². The highest BCUT2D eigenvalue weighted by Gasteiger charge is 2.76. The third kappa shape index (κ3) is 10.7. The molecule has 7 aliphatic carbocycles. The highest BCUT2D eigenvalue weighted by Crippen LogP contribution is 2.79. The third-order valence-corrected chi connectivity index (χ3v) is 25.5. The van der Waals surface area contributed by atoms with Gasteiger partial charge in [0, 0.05) is 61.2 Å². The topological polar surface area (TPSA) is 198 Å². The molecule has 9 aliphatic rings. The van der Waals surface area contributed by atoms with Crippen molar-refractivity contribution in [2.45, 2.75) is 239 Å². The Morgan fingerprint density at radius 2 is 1.60 bits per heavy atom. The van der Waals surface area contributed by atoms with Gasteiger partial charge in [-0.05, 0) is 251 Å². The molecule has 0 aromatic heterocycles. The van der Waals surface area contributed by atoms with Gasteiger partial charge in [-0.1, -0.05) is 91.9 Å². The normalized spacial score (nSPS) is 43.0. The molecule has 7 fully saturated rings. The van der Waals surface area contributed by atoms with Gasteiger partial charge in [0.15, 0.2) is 5.78 Å². The summed E-state index contributed by atoms with van der Waals surface area (Å²) in [6.45, 7) is 21.6. The number of nitrogen functional groups attached to an aromatic ring is 1. The van der Waals surface area contributed by atoms with Crippen LogP contribution < -0.4 is 16.4 Å². The lowest BCUT2D eigenvalue weighted by atomic mass is 9.31. The number of aromatic hydroxyl groups is 1. The number of ether oxygens (including phenoxy) is 1. The summed E-state index contributed by atoms with van der Waals surface area (Å²) in [6.07, 6.45) is 15.2. The van der Waals surface area contributed by atoms with Crippen LogP contribution in [0, 0.1) is 86.8 Å². The number of nitrogens with one attached hydrogen (secondary N) is 2. The number of carbonyl (C=O) groups excluding carboxylic acids is 2. The van der Waals surface area contributed by atoms with E-state index in [2.05, 4.69) is 90.3 Å². The molecule has 1 spiro atoms. The Morgan fingerprint density at radius 3 is 2.33 bits per heavy atom. The van der Waals surface area contributed by atoms with Crippen LogP contribution in [0.2, 0.25) is 0 Å². The highest BCUT2D eigenvalue weighted by molar-refractivity contribution is 6.01. The maximum absolute atomic E-state index is 16.2. The van der Waals surface area contributed by atoms with Gasteiger partial charge in [0.2, 0.25) is 0 Å². The van der Waals surface area contributed by atoms with E-state index in [1.807, 2.05) is 20.0 Å². The molecule has 460 valence electrons. The van der Waals surface area contributed by atoms with Gasteiger partial charge in [-0.2, -0.15) is 0 Å². The molecule has 11 nitrogen and oxygen atoms in total. The van der Waals surface area contributed by atoms with Crippen molar-refractivity contribution >= 4 is 17.3 Å². The van der Waals surface area contributed by atoms with E-state index in [0.717, 1.165) is 112 Å². The molecule has 2 aromatic carbocycles. The fraction of sp³-hybridized carbons (Fsp3) is 0.778. The van der Waals surface area contributed by atoms with Gasteiger partial charge < -0.3 is 46.6 Å². The molecule has 2 saturated heterocycles. The third-order valence-electron chi connectivity index (χ3n) is 25.5. The van der Waals surface area contributed by atoms with Crippen LogP contribution >= 0.6 is 0 Å². The van der Waals surface area contributed by atoms with Crippen molar-refractivity contribution in [1.29, 1.82) is 0 Å². The first-order chi connectivity index (χ1) is 39.3. The van der Waals surface area contributed by atoms with E-state index in [9.17, 15) is 25.5 Å². The Labute approximate surface area is 498 Å². The molecule has 2 heterocycles. The maximum Gasteiger partial charge on any atom is 0.160 e. The van der Waals surface area contributed by atoms with Gasteiger partial charge in [0.05, 0.1) is 17.3 Å². The van der Waals surface area contributed by atoms with Crippen LogP contribution in [0.4, 0.5) is 5.69 Å². The number of phenolic OH excluding ortho intramolecular Hbond substituents is 1. The average molecular weight is 1140 g/mol. The molecule has 0 unspecified atom stereocenters. The minimum atomic E-state index is -0.960. The zero-order chi connectivity index (χ0) is 59.3. The van der Waals surface area contributed by atoms with Crippen molar-refractivity contribution in [1.82, 2.24) is 10.6 Å². The van der Waals surface area contributed by atoms with E-state index in [-0.39, 0.29) is 102 Å². The molecule has 11 heteroatoms. The van der Waals surface area contributed by atoms with Crippen LogP contribution in [0.3, 0.4) is 0 Å². The number of β-amino-alcohol motifs (C(OH)–C–C–N with tert-alkyl or cyclic N) is 1. The number of Topliss-reactive ketones (excluding diaryl/α,β-unsaturated/α-hetero) is 2. The monoisotopic (exact) mass is 1140 g/mol. The molecule has 2 aliphatic heterocycles. The van der Waals surface area contributed by atoms with E-state index in [1.54, 1.807) is 6.07 Å². The standard InChI is InChI=1S/C72H109N3O8/c1-41(2)16-18-47-30-46-19-17-43(38-76)29-53(46)54(33-60(79)66-71(9,83-66)56-15-13-14-52(56)48-25-44(24-42(3)4)27-50(73)31-48)63-57-20-21-62-69(7)34-55(49-26-45(37-74-10)28-51(78)32-49)65(81)68(6)23-12-11-22-67(5,82)40-75-59(64(68)69)35-72(62,58(47)39-77)70(57,8)36-61(63)80/h25-28,31-32,41-43,46-47,52-56,58-60,62,64,66,74-79,82H,11-24,29-30,33-40,73H2,1-10H3/t43-,46+,47+,52-,53-,54+,55+,56-,58+,59+,60-,62-,64+,66-,67+,68-,69+,70+,71-,72-/m1/s1. The van der Waals surface area contributed by atoms with Crippen LogP contribution in [-0.2, 0) is 27.3 Å². The number of ketones is 2. The predicted molar refractivity (Wildman–Crippen MR) is 329 cm³/mol. The summed E-state index contributed by atoms with van der Waals surface area (Å²) in [5.74, 6) is 1.75. The molecule has 11 rings (SSSR count). The van der Waals surface area contributed by atoms with E-state index >= 15 is 9.59 Å². The first-order valence-electron chi connectivity index (χ1n) is 33.6. The van der Waals surface area contributed by atoms with Crippen LogP contribution in [0.5, 0.6) is 5.75 Å². The number of rotatable bonds is 15. The second-order valence-corrected chi connectivity index (χ2v) is 31.8. The summed E-state index contributed by atoms with van der Waals surface area (Å²) in [6, 6.07) is 12.3. The molecule has 0 radical (unpaired) electrons. The number of carbonyl (C=O) groups is 2. The summed E-state index contributed by atoms with van der Waals surface area (Å²) in [4.78, 5) is 32.3. The molecule has 2 aromatic rings. The first kappa shape index (κ1) is 61.5. The smallest absolute Gasteiger partial charge is 0.160 e. The Kier molecular flexibility index (Phi) is 17.1. The number of nitrogens with two attached hydrogens (primary N) is 1. The quantitative estimate of drug-likeness (QED) is 0.0624. The lowest BCUT2D eigenvalue weighted by Gasteiger charge is -2.74. The number of hydrogen-bond donors (Lipinski definition) is 8. The zero-order valence-electron chi connectivity index (χ0n) is 52.7. The summed E-state index contributed by atoms with van der Waals surface area (Å²) in [5.41, 5.74) is 10.1. The number of benzene rings is 2. The minimum Gasteiger partial charge on any atom is -0.508 e. The molecular formula is C72H109N3O8. The van der Waals surface area contributed by atoms with E-state index < -0.39 is 44.9 Å². The van der Waals surface area contributed by atoms with E-state index in [0.29, 0.717) is 63.5 Å². The number of fused-ring (bicyclic) bond motifs is 2. The molecule has 5 saturated carbocycles. The SMILES string of the molecule is CNCc1cc(O)cc([C@@H]2C[C@@]3(C)[C@H]4CCC5=C6C(=O)C[C@]5(C)[C@]4(C[C@@H]4NC[C@@](C)(O)CCCC[C@@](C)(C2=O)[C@H]43)[C@@H](CO)[C@@H](CCC(C)C)C[C@@H]2CC[C@@H](CO)C[C@H]2[C@@H]6C[C@@H](O)[C@H]2O[C@]2(C)[C@@H]2CCC[C@@H]2c2cc(N)cc(CC(C)C)c2)c1. The van der Waals surface area contributed by atoms with Crippen LogP contribution in [-0.4, -0.2) is 93.4 Å². The van der Waals surface area contributed by atoms with Gasteiger partial charge in [0.25, 0.3) is 0 Å². The number of anilines is 1. The van der Waals surface area contributed by atoms with Gasteiger partial charge in [-0.3, -0.25) is 9.59 Å². The number of aliphatic hydroxyl groups is 4. The van der Waals surface area contributed by atoms with E-state index in [4.69, 9.17) is 10.5 Å². The summed E-state index contributed by atoms with van der Waals surface area (Å²) in [5, 5.41) is 68.0. The first-order valence-corrected chi connectivity index (χ1v) is 33.6. The summed E-state index contributed by atoms with van der Waals surface area (Å²) in [7, 11) is 1.91. The Morgan fingerprint density at radius 1 is 0.843 bits per heavy atom. The van der Waals surface area contributed by atoms with Crippen molar-refractivity contribution in [2.75, 3.05) is 32.5 Å². The summed E-state index contributed by atoms with van der Waals surface area (Å²) < 4.78 is 6.94. The van der Waals surface area contributed by atoms with Crippen molar-refractivity contribution < 1.29 is 39.9 Å². The lowest BCUT2D eigenvalue weighted by molar-refractivity contribution is -0.233. The number of phenols is 1. The minimum absolute atomic E-state index is 0.00354. The van der Waals surface area contributed by atoms with Gasteiger partial charge in [-0.25, -0.2) is 0 Å². The van der Waals surface area contributed by atoms with Gasteiger partial charge in [0.1, 0.15) is 17.6 Å². The second kappa shape index (κ2) is 23.1. The molecule has 9 N–H and O–H groups in total. The zero-order valence-corrected chi connectivity index (χ0v) is 52.7. The van der Waals surface area contributed by atoms with Crippen molar-refractivity contribution in [3.05, 3.63) is 69.8 Å². The highest BCUT2D eigenvalue weighted by atomic mass is 16.6. The number of epoxide rings is 1. The van der Waals surface area contributed by atoms with Crippen LogP contribution in [0.1, 0.15) is 218 Å². The fourth-order valence-corrected chi connectivity index (χ4v) is 22.3. The van der Waals surface area contributed by atoms with Crippen molar-refractivity contribution in [2.24, 2.45) is 86.8 Å². The van der Waals surface area contributed by atoms with Crippen molar-refractivity contribution in [3.8, 4) is 5.75 Å². The van der Waals surface area contributed by atoms with Gasteiger partial charge >= 0.3 is 0 Å². The van der Waals surface area contributed by atoms with Crippen LogP contribution in [0.25, 0.3) is 0 Å². The second-order valence-electron chi connectivity index (χ2n) is 31.8. The Bertz CT molecular complexity index is 2760. The number of hydrogen-bond acceptors (Lipinski definition) is 11. The molecule has 0 amide bonds. The number of allylic oxidation sites excluding steroid dienone is 2. The maximum atomic E-state index is 16.2. The number of aliphatic hydroxyl groups excluding tert-OH is 3. The Balaban J connectivity index is 1.06. The molecule has 4 bridgehead atoms. The van der Waals surface area contributed by atoms with Gasteiger partial charge in [-0.15, -0.1) is 0 Å². The molecule has 83 heavy (non-hydrogen) atoms. The van der Waals surface area contributed by atoms with Crippen LogP contribution in [0.15, 0.2) is 47.5 Å². The average Bonchev–Trinajstić information content (AvgIpc) is 1.69.